The van der Waals surface area contributed by atoms with Crippen molar-refractivity contribution in [3.8, 4) is 0 Å². The fourth-order valence-electron chi connectivity index (χ4n) is 2.29. The predicted molar refractivity (Wildman–Crippen MR) is 104 cm³/mol. The SMILES string of the molecule is CC(=O)CC/C=C\CC/C=C(/C)CC/C=C(/C)CCC=C(C)C. The van der Waals surface area contributed by atoms with Crippen molar-refractivity contribution in [2.75, 3.05) is 0 Å². The molecule has 0 bridgehead atoms. The van der Waals surface area contributed by atoms with Gasteiger partial charge in [0, 0.05) is 6.42 Å². The Labute approximate surface area is 144 Å². The first-order valence-electron chi connectivity index (χ1n) is 9.01. The average Bonchev–Trinajstić information content (AvgIpc) is 2.45. The van der Waals surface area contributed by atoms with Gasteiger partial charge in [0.2, 0.25) is 0 Å². The van der Waals surface area contributed by atoms with Crippen molar-refractivity contribution in [2.45, 2.75) is 86.0 Å². The van der Waals surface area contributed by atoms with E-state index in [4.69, 9.17) is 0 Å². The number of hydrogen-bond donors (Lipinski definition) is 0. The van der Waals surface area contributed by atoms with E-state index < -0.39 is 0 Å². The first-order chi connectivity index (χ1) is 10.9. The van der Waals surface area contributed by atoms with Gasteiger partial charge in [-0.25, -0.2) is 0 Å². The average molecular weight is 317 g/mol. The molecule has 23 heavy (non-hydrogen) atoms. The Morgan fingerprint density at radius 3 is 1.70 bits per heavy atom. The molecule has 1 nitrogen and oxygen atoms in total. The first kappa shape index (κ1) is 21.6. The van der Waals surface area contributed by atoms with Gasteiger partial charge in [-0.05, 0) is 79.6 Å². The highest BCUT2D eigenvalue weighted by Gasteiger charge is 1.92. The van der Waals surface area contributed by atoms with E-state index in [0.717, 1.165) is 38.5 Å². The second-order valence-corrected chi connectivity index (χ2v) is 6.75. The summed E-state index contributed by atoms with van der Waals surface area (Å²) in [6.07, 6.45) is 19.8. The quantitative estimate of drug-likeness (QED) is 0.277. The Bertz CT molecular complexity index is 443. The maximum Gasteiger partial charge on any atom is 0.130 e. The Morgan fingerprint density at radius 2 is 1.13 bits per heavy atom. The minimum atomic E-state index is 0.273. The topological polar surface area (TPSA) is 17.1 Å². The fourth-order valence-corrected chi connectivity index (χ4v) is 2.29. The summed E-state index contributed by atoms with van der Waals surface area (Å²) in [5.74, 6) is 0.273. The molecule has 0 aromatic rings. The normalized spacial score (nSPS) is 12.7. The minimum absolute atomic E-state index is 0.273. The van der Waals surface area contributed by atoms with Crippen LogP contribution >= 0.6 is 0 Å². The van der Waals surface area contributed by atoms with Gasteiger partial charge in [-0.2, -0.15) is 0 Å². The molecule has 1 heteroatoms. The van der Waals surface area contributed by atoms with Gasteiger partial charge in [0.25, 0.3) is 0 Å². The lowest BCUT2D eigenvalue weighted by molar-refractivity contribution is -0.116. The van der Waals surface area contributed by atoms with Gasteiger partial charge in [-0.3, -0.25) is 0 Å². The molecule has 0 rings (SSSR count). The lowest BCUT2D eigenvalue weighted by Gasteiger charge is -2.01. The van der Waals surface area contributed by atoms with Crippen LogP contribution < -0.4 is 0 Å². The molecule has 0 amide bonds. The zero-order valence-electron chi connectivity index (χ0n) is 16.0. The second kappa shape index (κ2) is 14.2. The first-order valence-corrected chi connectivity index (χ1v) is 9.01. The molecule has 0 heterocycles. The molecule has 0 aromatic carbocycles. The van der Waals surface area contributed by atoms with E-state index in [-0.39, 0.29) is 5.78 Å². The van der Waals surface area contributed by atoms with Gasteiger partial charge >= 0.3 is 0 Å². The highest BCUT2D eigenvalue weighted by Crippen LogP contribution is 2.12. The zero-order valence-corrected chi connectivity index (χ0v) is 16.0. The minimum Gasteiger partial charge on any atom is -0.300 e. The van der Waals surface area contributed by atoms with Crippen LogP contribution in [0.1, 0.15) is 86.0 Å². The highest BCUT2D eigenvalue weighted by atomic mass is 16.1. The molecule has 0 radical (unpaired) electrons. The van der Waals surface area contributed by atoms with Gasteiger partial charge in [0.15, 0.2) is 0 Å². The monoisotopic (exact) mass is 316 g/mol. The Morgan fingerprint density at radius 1 is 0.609 bits per heavy atom. The van der Waals surface area contributed by atoms with Crippen LogP contribution in [0.15, 0.2) is 47.1 Å². The lowest BCUT2D eigenvalue weighted by Crippen LogP contribution is -1.86. The summed E-state index contributed by atoms with van der Waals surface area (Å²) in [4.78, 5) is 10.8. The summed E-state index contributed by atoms with van der Waals surface area (Å²) in [5.41, 5.74) is 4.39. The molecule has 0 aromatic heterocycles. The molecule has 0 aliphatic heterocycles. The molecule has 0 saturated carbocycles. The van der Waals surface area contributed by atoms with Crippen molar-refractivity contribution in [2.24, 2.45) is 0 Å². The van der Waals surface area contributed by atoms with Crippen molar-refractivity contribution in [1.82, 2.24) is 0 Å². The molecule has 0 atom stereocenters. The molecule has 0 N–H and O–H groups in total. The van der Waals surface area contributed by atoms with Crippen LogP contribution in [0.4, 0.5) is 0 Å². The second-order valence-electron chi connectivity index (χ2n) is 6.75. The zero-order chi connectivity index (χ0) is 17.5. The van der Waals surface area contributed by atoms with E-state index in [0.29, 0.717) is 6.42 Å². The Hall–Kier alpha value is -1.37. The molecule has 0 saturated heterocycles. The third kappa shape index (κ3) is 16.8. The molecule has 0 fully saturated rings. The van der Waals surface area contributed by atoms with Crippen LogP contribution in [-0.2, 0) is 4.79 Å². The number of unbranched alkanes of at least 4 members (excludes halogenated alkanes) is 1. The molecular formula is C22H36O. The molecular weight excluding hydrogens is 280 g/mol. The molecule has 0 aliphatic carbocycles. The number of ketones is 1. The molecule has 0 unspecified atom stereocenters. The van der Waals surface area contributed by atoms with Crippen molar-refractivity contribution in [1.29, 1.82) is 0 Å². The standard InChI is InChI=1S/C22H36O/c1-19(2)13-11-15-21(4)17-12-16-20(3)14-9-7-6-8-10-18-22(5)23/h6,8,13-14,17H,7,9-12,15-16,18H2,1-5H3/b8-6-,20-14-,21-17-. The summed E-state index contributed by atoms with van der Waals surface area (Å²) >= 11 is 0. The lowest BCUT2D eigenvalue weighted by atomic mass is 10.1. The van der Waals surface area contributed by atoms with Gasteiger partial charge < -0.3 is 4.79 Å². The van der Waals surface area contributed by atoms with E-state index in [1.807, 2.05) is 0 Å². The smallest absolute Gasteiger partial charge is 0.130 e. The van der Waals surface area contributed by atoms with Gasteiger partial charge in [0.05, 0.1) is 0 Å². The van der Waals surface area contributed by atoms with Crippen LogP contribution in [0.2, 0.25) is 0 Å². The summed E-state index contributed by atoms with van der Waals surface area (Å²) in [6.45, 7) is 10.4. The van der Waals surface area contributed by atoms with E-state index in [2.05, 4.69) is 58.1 Å². The fraction of sp³-hybridized carbons (Fsp3) is 0.591. The van der Waals surface area contributed by atoms with E-state index >= 15 is 0 Å². The highest BCUT2D eigenvalue weighted by molar-refractivity contribution is 5.75. The summed E-state index contributed by atoms with van der Waals surface area (Å²) in [6, 6.07) is 0. The summed E-state index contributed by atoms with van der Waals surface area (Å²) in [7, 11) is 0. The van der Waals surface area contributed by atoms with Crippen LogP contribution in [0, 0.1) is 0 Å². The third-order valence-electron chi connectivity index (χ3n) is 3.78. The number of allylic oxidation sites excluding steroid dienone is 8. The summed E-state index contributed by atoms with van der Waals surface area (Å²) in [5, 5.41) is 0. The van der Waals surface area contributed by atoms with Gasteiger partial charge in [-0.1, -0.05) is 47.1 Å². The molecule has 0 spiro atoms. The number of rotatable bonds is 12. The molecule has 130 valence electrons. The Kier molecular flexibility index (Phi) is 13.4. The van der Waals surface area contributed by atoms with Gasteiger partial charge in [-0.15, -0.1) is 0 Å². The largest absolute Gasteiger partial charge is 0.300 e. The van der Waals surface area contributed by atoms with Crippen molar-refractivity contribution >= 4 is 5.78 Å². The maximum absolute atomic E-state index is 10.8. The number of hydrogen-bond acceptors (Lipinski definition) is 1. The number of carbonyl (C=O) groups is 1. The van der Waals surface area contributed by atoms with Crippen LogP contribution in [0.25, 0.3) is 0 Å². The van der Waals surface area contributed by atoms with Crippen LogP contribution in [0.5, 0.6) is 0 Å². The molecule has 0 aliphatic rings. The number of Topliss-reactive ketones (excluding diaryl/α,β-unsaturated/α-hetero) is 1. The van der Waals surface area contributed by atoms with E-state index in [9.17, 15) is 4.79 Å². The van der Waals surface area contributed by atoms with Gasteiger partial charge in [0.1, 0.15) is 5.78 Å². The summed E-state index contributed by atoms with van der Waals surface area (Å²) < 4.78 is 0. The van der Waals surface area contributed by atoms with Crippen LogP contribution in [-0.4, -0.2) is 5.78 Å². The maximum atomic E-state index is 10.8. The predicted octanol–water partition coefficient (Wildman–Crippen LogP) is 7.11. The van der Waals surface area contributed by atoms with Crippen molar-refractivity contribution in [3.05, 3.63) is 47.1 Å². The van der Waals surface area contributed by atoms with Crippen molar-refractivity contribution in [3.63, 3.8) is 0 Å². The van der Waals surface area contributed by atoms with E-state index in [1.165, 1.54) is 23.1 Å². The Balaban J connectivity index is 3.81. The van der Waals surface area contributed by atoms with Crippen molar-refractivity contribution < 1.29 is 4.79 Å². The number of carbonyl (C=O) groups excluding carboxylic acids is 1. The van der Waals surface area contributed by atoms with Crippen LogP contribution in [0.3, 0.4) is 0 Å². The van der Waals surface area contributed by atoms with E-state index in [1.54, 1.807) is 6.92 Å². The third-order valence-corrected chi connectivity index (χ3v) is 3.78.